The topological polar surface area (TPSA) is 85.8 Å². The van der Waals surface area contributed by atoms with Gasteiger partial charge in [0.25, 0.3) is 5.91 Å². The van der Waals surface area contributed by atoms with Crippen LogP contribution in [-0.2, 0) is 4.79 Å². The van der Waals surface area contributed by atoms with Gasteiger partial charge in [-0.25, -0.2) is 4.79 Å². The maximum atomic E-state index is 13.0. The van der Waals surface area contributed by atoms with Gasteiger partial charge in [-0.1, -0.05) is 24.3 Å². The number of nitrogens with zero attached hydrogens (tertiary/aromatic N) is 4. The van der Waals surface area contributed by atoms with Crippen molar-refractivity contribution in [3.05, 3.63) is 42.2 Å². The van der Waals surface area contributed by atoms with Gasteiger partial charge in [0, 0.05) is 44.8 Å². The third-order valence-corrected chi connectivity index (χ3v) is 5.26. The Hall–Kier alpha value is -3.00. The molecule has 0 saturated carbocycles. The molecule has 2 saturated heterocycles. The van der Waals surface area contributed by atoms with Gasteiger partial charge in [-0.2, -0.15) is 0 Å². The van der Waals surface area contributed by atoms with E-state index in [0.29, 0.717) is 31.9 Å². The lowest BCUT2D eigenvalue weighted by Gasteiger charge is -2.41. The second kappa shape index (κ2) is 6.96. The number of urea groups is 1. The molecule has 1 atom stereocenters. The minimum absolute atomic E-state index is 0.0880. The van der Waals surface area contributed by atoms with Crippen LogP contribution < -0.4 is 5.32 Å². The van der Waals surface area contributed by atoms with Crippen molar-refractivity contribution in [3.8, 4) is 0 Å². The SMILES string of the molecule is CN1C(=O)CC(N2CCN(C(=O)c3nccc4ccccc34)CC2)NC1=O. The zero-order chi connectivity index (χ0) is 19.0. The minimum Gasteiger partial charge on any atom is -0.335 e. The summed E-state index contributed by atoms with van der Waals surface area (Å²) in [6.07, 6.45) is 1.60. The highest BCUT2D eigenvalue weighted by Gasteiger charge is 2.35. The predicted molar refractivity (Wildman–Crippen MR) is 98.9 cm³/mol. The number of hydrogen-bond acceptors (Lipinski definition) is 5. The summed E-state index contributed by atoms with van der Waals surface area (Å²) in [5.41, 5.74) is 0.462. The van der Waals surface area contributed by atoms with Gasteiger partial charge < -0.3 is 10.2 Å². The van der Waals surface area contributed by atoms with Crippen LogP contribution in [0.25, 0.3) is 10.8 Å². The van der Waals surface area contributed by atoms with Crippen LogP contribution in [0.1, 0.15) is 16.9 Å². The first-order valence-electron chi connectivity index (χ1n) is 8.99. The predicted octanol–water partition coefficient (Wildman–Crippen LogP) is 0.890. The molecule has 4 rings (SSSR count). The number of rotatable bonds is 2. The normalized spacial score (nSPS) is 21.4. The Kier molecular flexibility index (Phi) is 4.49. The van der Waals surface area contributed by atoms with E-state index in [1.54, 1.807) is 11.1 Å². The summed E-state index contributed by atoms with van der Waals surface area (Å²) in [4.78, 5) is 45.9. The molecular formula is C19H21N5O3. The van der Waals surface area contributed by atoms with Gasteiger partial charge in [0.1, 0.15) is 5.69 Å². The molecule has 2 aliphatic heterocycles. The monoisotopic (exact) mass is 367 g/mol. The van der Waals surface area contributed by atoms with Gasteiger partial charge in [-0.05, 0) is 11.5 Å². The summed E-state index contributed by atoms with van der Waals surface area (Å²) >= 11 is 0. The second-order valence-corrected chi connectivity index (χ2v) is 6.83. The molecule has 2 aromatic rings. The summed E-state index contributed by atoms with van der Waals surface area (Å²) in [7, 11) is 1.47. The molecule has 1 aromatic carbocycles. The van der Waals surface area contributed by atoms with E-state index in [2.05, 4.69) is 10.3 Å². The lowest BCUT2D eigenvalue weighted by atomic mass is 10.1. The highest BCUT2D eigenvalue weighted by molar-refractivity contribution is 6.05. The van der Waals surface area contributed by atoms with Crippen LogP contribution in [0.15, 0.2) is 36.5 Å². The Morgan fingerprint density at radius 1 is 1.11 bits per heavy atom. The van der Waals surface area contributed by atoms with Gasteiger partial charge in [0.2, 0.25) is 5.91 Å². The van der Waals surface area contributed by atoms with E-state index in [0.717, 1.165) is 15.7 Å². The highest BCUT2D eigenvalue weighted by atomic mass is 16.2. The van der Waals surface area contributed by atoms with Gasteiger partial charge in [-0.15, -0.1) is 0 Å². The van der Waals surface area contributed by atoms with Crippen molar-refractivity contribution in [1.82, 2.24) is 25.0 Å². The Balaban J connectivity index is 1.44. The first-order chi connectivity index (χ1) is 13.0. The molecule has 8 nitrogen and oxygen atoms in total. The average Bonchev–Trinajstić information content (AvgIpc) is 2.71. The number of imide groups is 1. The van der Waals surface area contributed by atoms with Gasteiger partial charge in [-0.3, -0.25) is 24.4 Å². The van der Waals surface area contributed by atoms with Crippen LogP contribution in [-0.4, -0.2) is 76.9 Å². The fourth-order valence-corrected chi connectivity index (χ4v) is 3.60. The van der Waals surface area contributed by atoms with Crippen LogP contribution in [0.2, 0.25) is 0 Å². The van der Waals surface area contributed by atoms with E-state index in [9.17, 15) is 14.4 Å². The average molecular weight is 367 g/mol. The number of carbonyl (C=O) groups excluding carboxylic acids is 3. The largest absolute Gasteiger partial charge is 0.335 e. The molecule has 0 spiro atoms. The van der Waals surface area contributed by atoms with Gasteiger partial charge in [0.15, 0.2) is 0 Å². The third-order valence-electron chi connectivity index (χ3n) is 5.26. The van der Waals surface area contributed by atoms with Crippen molar-refractivity contribution in [2.24, 2.45) is 0 Å². The first-order valence-corrected chi connectivity index (χ1v) is 8.99. The van der Waals surface area contributed by atoms with Crippen molar-refractivity contribution in [2.75, 3.05) is 33.2 Å². The number of nitrogens with one attached hydrogen (secondary N) is 1. The molecule has 2 aliphatic rings. The van der Waals surface area contributed by atoms with E-state index in [-0.39, 0.29) is 30.4 Å². The molecule has 3 heterocycles. The molecule has 1 N–H and O–H groups in total. The van der Waals surface area contributed by atoms with Crippen molar-refractivity contribution in [1.29, 1.82) is 0 Å². The summed E-state index contributed by atoms with van der Waals surface area (Å²) in [5.74, 6) is -0.280. The molecule has 1 aromatic heterocycles. The van der Waals surface area contributed by atoms with Crippen molar-refractivity contribution >= 4 is 28.6 Å². The number of carbonyl (C=O) groups is 3. The van der Waals surface area contributed by atoms with Crippen molar-refractivity contribution in [3.63, 3.8) is 0 Å². The van der Waals surface area contributed by atoms with E-state index in [1.807, 2.05) is 35.2 Å². The summed E-state index contributed by atoms with van der Waals surface area (Å²) in [5, 5.41) is 4.68. The number of piperazine rings is 1. The standard InChI is InChI=1S/C19H21N5O3/c1-22-16(25)12-15(21-19(22)27)23-8-10-24(11-9-23)18(26)17-14-5-3-2-4-13(14)6-7-20-17/h2-7,15H,8-12H2,1H3,(H,21,27). The third kappa shape index (κ3) is 3.23. The zero-order valence-corrected chi connectivity index (χ0v) is 15.1. The molecule has 0 bridgehead atoms. The lowest BCUT2D eigenvalue weighted by molar-refractivity contribution is -0.130. The Labute approximate surface area is 156 Å². The Morgan fingerprint density at radius 2 is 1.85 bits per heavy atom. The summed E-state index contributed by atoms with van der Waals surface area (Å²) in [6, 6.07) is 9.22. The molecule has 0 radical (unpaired) electrons. The molecule has 2 fully saturated rings. The van der Waals surface area contributed by atoms with E-state index in [1.165, 1.54) is 7.05 Å². The second-order valence-electron chi connectivity index (χ2n) is 6.83. The van der Waals surface area contributed by atoms with Crippen LogP contribution >= 0.6 is 0 Å². The van der Waals surface area contributed by atoms with Crippen LogP contribution in [0, 0.1) is 0 Å². The molecular weight excluding hydrogens is 346 g/mol. The van der Waals surface area contributed by atoms with Crippen LogP contribution in [0.3, 0.4) is 0 Å². The molecule has 0 aliphatic carbocycles. The number of benzene rings is 1. The maximum absolute atomic E-state index is 13.0. The quantitative estimate of drug-likeness (QED) is 0.852. The summed E-state index contributed by atoms with van der Waals surface area (Å²) in [6.45, 7) is 2.25. The lowest BCUT2D eigenvalue weighted by Crippen LogP contribution is -2.62. The number of fused-ring (bicyclic) bond motifs is 1. The minimum atomic E-state index is -0.380. The number of hydrogen-bond donors (Lipinski definition) is 1. The van der Waals surface area contributed by atoms with E-state index >= 15 is 0 Å². The van der Waals surface area contributed by atoms with Gasteiger partial charge >= 0.3 is 6.03 Å². The van der Waals surface area contributed by atoms with Crippen LogP contribution in [0.4, 0.5) is 4.79 Å². The fraction of sp³-hybridized carbons (Fsp3) is 0.368. The van der Waals surface area contributed by atoms with Crippen molar-refractivity contribution in [2.45, 2.75) is 12.6 Å². The molecule has 1 unspecified atom stereocenters. The Bertz CT molecular complexity index is 884. The Morgan fingerprint density at radius 3 is 2.59 bits per heavy atom. The van der Waals surface area contributed by atoms with E-state index < -0.39 is 0 Å². The first kappa shape index (κ1) is 17.4. The molecule has 27 heavy (non-hydrogen) atoms. The fourth-order valence-electron chi connectivity index (χ4n) is 3.60. The smallest absolute Gasteiger partial charge is 0.325 e. The number of aromatic nitrogens is 1. The number of pyridine rings is 1. The zero-order valence-electron chi connectivity index (χ0n) is 15.1. The molecule has 140 valence electrons. The highest BCUT2D eigenvalue weighted by Crippen LogP contribution is 2.19. The van der Waals surface area contributed by atoms with Gasteiger partial charge in [0.05, 0.1) is 12.6 Å². The molecule has 4 amide bonds. The maximum Gasteiger partial charge on any atom is 0.325 e. The van der Waals surface area contributed by atoms with Crippen LogP contribution in [0.5, 0.6) is 0 Å². The molecule has 8 heteroatoms. The summed E-state index contributed by atoms with van der Waals surface area (Å²) < 4.78 is 0. The van der Waals surface area contributed by atoms with Crippen molar-refractivity contribution < 1.29 is 14.4 Å². The number of amides is 4. The van der Waals surface area contributed by atoms with E-state index in [4.69, 9.17) is 0 Å².